The van der Waals surface area contributed by atoms with Crippen molar-refractivity contribution in [1.82, 2.24) is 9.80 Å². The van der Waals surface area contributed by atoms with Crippen LogP contribution >= 0.6 is 0 Å². The first-order valence-corrected chi connectivity index (χ1v) is 9.29. The summed E-state index contributed by atoms with van der Waals surface area (Å²) >= 11 is 0. The minimum Gasteiger partial charge on any atom is -0.297 e. The first kappa shape index (κ1) is 17.0. The lowest BCUT2D eigenvalue weighted by atomic mass is 10.00. The zero-order valence-corrected chi connectivity index (χ0v) is 15.1. The van der Waals surface area contributed by atoms with Crippen molar-refractivity contribution in [2.45, 2.75) is 19.9 Å². The van der Waals surface area contributed by atoms with Crippen LogP contribution in [-0.2, 0) is 22.6 Å². The number of aryl methyl sites for hydroxylation is 1. The average Bonchev–Trinajstić information content (AvgIpc) is 3.16. The fourth-order valence-corrected chi connectivity index (χ4v) is 4.08. The molecule has 134 valence electrons. The summed E-state index contributed by atoms with van der Waals surface area (Å²) in [7, 11) is 0. The topological polar surface area (TPSA) is 40.6 Å². The Morgan fingerprint density at radius 1 is 0.846 bits per heavy atom. The molecule has 2 aromatic rings. The van der Waals surface area contributed by atoms with Gasteiger partial charge in [-0.15, -0.1) is 0 Å². The Balaban J connectivity index is 1.37. The largest absolute Gasteiger partial charge is 0.297 e. The Morgan fingerprint density at radius 2 is 1.46 bits per heavy atom. The van der Waals surface area contributed by atoms with E-state index in [9.17, 15) is 9.59 Å². The SMILES string of the molecule is Cc1ccc(CN2C[C@@H]3C(=O)N(CCc4ccccc4)C(=O)[C@@H]3C2)cc1. The Kier molecular flexibility index (Phi) is 4.60. The van der Waals surface area contributed by atoms with Crippen molar-refractivity contribution in [1.29, 1.82) is 0 Å². The third kappa shape index (κ3) is 3.29. The summed E-state index contributed by atoms with van der Waals surface area (Å²) in [4.78, 5) is 29.2. The second kappa shape index (κ2) is 7.04. The van der Waals surface area contributed by atoms with Crippen LogP contribution in [0.3, 0.4) is 0 Å². The first-order chi connectivity index (χ1) is 12.6. The molecule has 0 saturated carbocycles. The second-order valence-corrected chi connectivity index (χ2v) is 7.46. The Hall–Kier alpha value is -2.46. The molecule has 2 aromatic carbocycles. The normalized spacial score (nSPS) is 22.9. The number of rotatable bonds is 5. The molecule has 2 heterocycles. The molecule has 0 unspecified atom stereocenters. The van der Waals surface area contributed by atoms with Gasteiger partial charge in [-0.05, 0) is 24.5 Å². The molecule has 0 bridgehead atoms. The van der Waals surface area contributed by atoms with E-state index in [4.69, 9.17) is 0 Å². The zero-order valence-electron chi connectivity index (χ0n) is 15.1. The molecule has 0 spiro atoms. The van der Waals surface area contributed by atoms with Crippen molar-refractivity contribution in [3.05, 3.63) is 71.3 Å². The van der Waals surface area contributed by atoms with Crippen LogP contribution in [-0.4, -0.2) is 41.2 Å². The molecular formula is C22H24N2O2. The molecule has 4 rings (SSSR count). The summed E-state index contributed by atoms with van der Waals surface area (Å²) in [5.74, 6) is -0.294. The van der Waals surface area contributed by atoms with Gasteiger partial charge in [-0.2, -0.15) is 0 Å². The molecule has 0 radical (unpaired) electrons. The van der Waals surface area contributed by atoms with Gasteiger partial charge >= 0.3 is 0 Å². The van der Waals surface area contributed by atoms with Crippen molar-refractivity contribution >= 4 is 11.8 Å². The predicted octanol–water partition coefficient (Wildman–Crippen LogP) is 2.65. The smallest absolute Gasteiger partial charge is 0.234 e. The minimum atomic E-state index is -0.163. The van der Waals surface area contributed by atoms with E-state index in [1.54, 1.807) is 0 Å². The summed E-state index contributed by atoms with van der Waals surface area (Å²) < 4.78 is 0. The van der Waals surface area contributed by atoms with E-state index in [2.05, 4.69) is 36.1 Å². The predicted molar refractivity (Wildman–Crippen MR) is 100 cm³/mol. The van der Waals surface area contributed by atoms with Gasteiger partial charge in [0.15, 0.2) is 0 Å². The van der Waals surface area contributed by atoms with E-state index in [0.29, 0.717) is 19.6 Å². The fraction of sp³-hybridized carbons (Fsp3) is 0.364. The maximum Gasteiger partial charge on any atom is 0.234 e. The Morgan fingerprint density at radius 3 is 2.08 bits per heavy atom. The summed E-state index contributed by atoms with van der Waals surface area (Å²) in [6.45, 7) is 4.74. The molecule has 2 aliphatic rings. The molecule has 4 nitrogen and oxygen atoms in total. The van der Waals surface area contributed by atoms with Crippen molar-refractivity contribution in [3.63, 3.8) is 0 Å². The van der Waals surface area contributed by atoms with E-state index < -0.39 is 0 Å². The number of fused-ring (bicyclic) bond motifs is 1. The Labute approximate surface area is 154 Å². The monoisotopic (exact) mass is 348 g/mol. The van der Waals surface area contributed by atoms with Crippen molar-refractivity contribution in [2.75, 3.05) is 19.6 Å². The van der Waals surface area contributed by atoms with Crippen molar-refractivity contribution < 1.29 is 9.59 Å². The highest BCUT2D eigenvalue weighted by Crippen LogP contribution is 2.34. The highest BCUT2D eigenvalue weighted by molar-refractivity contribution is 6.05. The maximum absolute atomic E-state index is 12.7. The van der Waals surface area contributed by atoms with Gasteiger partial charge < -0.3 is 0 Å². The number of amides is 2. The van der Waals surface area contributed by atoms with E-state index >= 15 is 0 Å². The zero-order chi connectivity index (χ0) is 18.1. The average molecular weight is 348 g/mol. The number of benzene rings is 2. The van der Waals surface area contributed by atoms with Gasteiger partial charge in [0.2, 0.25) is 11.8 Å². The summed E-state index contributed by atoms with van der Waals surface area (Å²) in [6.07, 6.45) is 0.727. The van der Waals surface area contributed by atoms with Crippen LogP contribution in [0.25, 0.3) is 0 Å². The molecule has 2 aliphatic heterocycles. The van der Waals surface area contributed by atoms with Gasteiger partial charge in [0.05, 0.1) is 11.8 Å². The third-order valence-electron chi connectivity index (χ3n) is 5.56. The lowest BCUT2D eigenvalue weighted by molar-refractivity contribution is -0.140. The lowest BCUT2D eigenvalue weighted by Crippen LogP contribution is -2.37. The van der Waals surface area contributed by atoms with Crippen LogP contribution in [0.2, 0.25) is 0 Å². The van der Waals surface area contributed by atoms with Crippen LogP contribution in [0.1, 0.15) is 16.7 Å². The number of carbonyl (C=O) groups excluding carboxylic acids is 2. The van der Waals surface area contributed by atoms with Crippen LogP contribution in [0.15, 0.2) is 54.6 Å². The van der Waals surface area contributed by atoms with E-state index in [1.165, 1.54) is 16.0 Å². The van der Waals surface area contributed by atoms with Crippen molar-refractivity contribution in [3.8, 4) is 0 Å². The van der Waals surface area contributed by atoms with E-state index in [1.807, 2.05) is 30.3 Å². The molecule has 0 N–H and O–H groups in total. The number of hydrogen-bond donors (Lipinski definition) is 0. The van der Waals surface area contributed by atoms with Crippen LogP contribution < -0.4 is 0 Å². The molecule has 2 atom stereocenters. The van der Waals surface area contributed by atoms with Crippen molar-refractivity contribution in [2.24, 2.45) is 11.8 Å². The van der Waals surface area contributed by atoms with Gasteiger partial charge in [0.1, 0.15) is 0 Å². The van der Waals surface area contributed by atoms with Gasteiger partial charge in [-0.25, -0.2) is 0 Å². The highest BCUT2D eigenvalue weighted by atomic mass is 16.2. The van der Waals surface area contributed by atoms with Crippen LogP contribution in [0.5, 0.6) is 0 Å². The van der Waals surface area contributed by atoms with E-state index in [0.717, 1.165) is 18.5 Å². The first-order valence-electron chi connectivity index (χ1n) is 9.29. The van der Waals surface area contributed by atoms with Gasteiger partial charge in [0, 0.05) is 26.2 Å². The van der Waals surface area contributed by atoms with Crippen LogP contribution in [0, 0.1) is 18.8 Å². The number of nitrogens with zero attached hydrogens (tertiary/aromatic N) is 2. The molecule has 26 heavy (non-hydrogen) atoms. The molecule has 2 fully saturated rings. The Bertz CT molecular complexity index is 777. The standard InChI is InChI=1S/C22H24N2O2/c1-16-7-9-18(10-8-16)13-23-14-19-20(15-23)22(26)24(21(19)25)12-11-17-5-3-2-4-6-17/h2-10,19-20H,11-15H2,1H3/t19-,20+. The number of carbonyl (C=O) groups is 2. The highest BCUT2D eigenvalue weighted by Gasteiger charge is 2.51. The van der Waals surface area contributed by atoms with Gasteiger partial charge in [0.25, 0.3) is 0 Å². The molecule has 2 saturated heterocycles. The number of hydrogen-bond acceptors (Lipinski definition) is 3. The van der Waals surface area contributed by atoms with Gasteiger partial charge in [-0.3, -0.25) is 19.4 Å². The number of imide groups is 1. The third-order valence-corrected chi connectivity index (χ3v) is 5.56. The summed E-state index contributed by atoms with van der Waals surface area (Å²) in [5, 5.41) is 0. The fourth-order valence-electron chi connectivity index (χ4n) is 4.08. The van der Waals surface area contributed by atoms with Gasteiger partial charge in [-0.1, -0.05) is 60.2 Å². The molecule has 4 heteroatoms. The van der Waals surface area contributed by atoms with E-state index in [-0.39, 0.29) is 23.7 Å². The molecule has 2 amide bonds. The quantitative estimate of drug-likeness (QED) is 0.780. The molecule has 0 aromatic heterocycles. The summed E-state index contributed by atoms with van der Waals surface area (Å²) in [5.41, 5.74) is 3.63. The van der Waals surface area contributed by atoms with Crippen LogP contribution in [0.4, 0.5) is 0 Å². The molecule has 0 aliphatic carbocycles. The maximum atomic E-state index is 12.7. The lowest BCUT2D eigenvalue weighted by Gasteiger charge is -2.20. The second-order valence-electron chi connectivity index (χ2n) is 7.46. The molecular weight excluding hydrogens is 324 g/mol. The summed E-state index contributed by atoms with van der Waals surface area (Å²) in [6, 6.07) is 18.5. The number of likely N-dealkylation sites (tertiary alicyclic amines) is 2. The minimum absolute atomic E-state index is 0.0161.